The second kappa shape index (κ2) is 9.41. The van der Waals surface area contributed by atoms with E-state index in [1.54, 1.807) is 23.1 Å². The summed E-state index contributed by atoms with van der Waals surface area (Å²) in [4.78, 5) is 27.4. The summed E-state index contributed by atoms with van der Waals surface area (Å²) in [5.74, 6) is -0.829. The fourth-order valence-electron chi connectivity index (χ4n) is 4.40. The molecule has 180 valence electrons. The second-order valence-electron chi connectivity index (χ2n) is 8.62. The number of rotatable bonds is 5. The third kappa shape index (κ3) is 4.71. The number of alkyl halides is 3. The van der Waals surface area contributed by atoms with Crippen molar-refractivity contribution < 1.29 is 27.5 Å². The lowest BCUT2D eigenvalue weighted by Crippen LogP contribution is -2.26. The molecule has 0 radical (unpaired) electrons. The fraction of sp³-hybridized carbons (Fsp3) is 0.214. The summed E-state index contributed by atoms with van der Waals surface area (Å²) >= 11 is 0. The zero-order chi connectivity index (χ0) is 25.3. The summed E-state index contributed by atoms with van der Waals surface area (Å²) in [7, 11) is 1.31. The summed E-state index contributed by atoms with van der Waals surface area (Å²) in [6.45, 7) is 4.05. The Morgan fingerprint density at radius 3 is 2.26 bits per heavy atom. The van der Waals surface area contributed by atoms with E-state index < -0.39 is 17.7 Å². The van der Waals surface area contributed by atoms with Crippen molar-refractivity contribution in [2.75, 3.05) is 12.0 Å². The molecule has 0 unspecified atom stereocenters. The third-order valence-electron chi connectivity index (χ3n) is 5.98. The first-order valence-electron chi connectivity index (χ1n) is 11.1. The van der Waals surface area contributed by atoms with Gasteiger partial charge in [-0.2, -0.15) is 13.2 Å². The molecule has 3 aromatic rings. The van der Waals surface area contributed by atoms with Gasteiger partial charge in [0.05, 0.1) is 36.0 Å². The van der Waals surface area contributed by atoms with Crippen molar-refractivity contribution in [1.29, 1.82) is 0 Å². The molecule has 7 heteroatoms. The average molecular weight is 479 g/mol. The minimum Gasteiger partial charge on any atom is -0.465 e. The molecule has 4 nitrogen and oxygen atoms in total. The molecule has 4 rings (SSSR count). The van der Waals surface area contributed by atoms with E-state index in [0.29, 0.717) is 28.0 Å². The van der Waals surface area contributed by atoms with Gasteiger partial charge in [0, 0.05) is 5.56 Å². The number of nitrogens with zero attached hydrogens (tertiary/aromatic N) is 1. The topological polar surface area (TPSA) is 46.6 Å². The van der Waals surface area contributed by atoms with Gasteiger partial charge in [-0.15, -0.1) is 0 Å². The number of carbonyl (C=O) groups is 2. The second-order valence-corrected chi connectivity index (χ2v) is 8.62. The molecule has 0 N–H and O–H groups in total. The molecule has 35 heavy (non-hydrogen) atoms. The highest BCUT2D eigenvalue weighted by Gasteiger charge is 2.36. The van der Waals surface area contributed by atoms with Gasteiger partial charge in [-0.1, -0.05) is 56.3 Å². The van der Waals surface area contributed by atoms with Crippen LogP contribution in [0.25, 0.3) is 11.1 Å². The molecular weight excluding hydrogens is 455 g/mol. The Balaban J connectivity index is 1.80. The number of fused-ring (bicyclic) bond motifs is 1. The van der Waals surface area contributed by atoms with E-state index in [2.05, 4.69) is 0 Å². The van der Waals surface area contributed by atoms with Crippen LogP contribution >= 0.6 is 0 Å². The number of anilines is 1. The summed E-state index contributed by atoms with van der Waals surface area (Å²) in [6.07, 6.45) is -4.44. The molecule has 0 fully saturated rings. The maximum Gasteiger partial charge on any atom is 0.416 e. The van der Waals surface area contributed by atoms with Crippen LogP contribution in [0.1, 0.15) is 46.5 Å². The molecule has 1 aliphatic rings. The van der Waals surface area contributed by atoms with Gasteiger partial charge >= 0.3 is 12.1 Å². The Bertz CT molecular complexity index is 1310. The molecule has 1 amide bonds. The summed E-state index contributed by atoms with van der Waals surface area (Å²) in [6, 6.07) is 19.2. The molecule has 1 heterocycles. The van der Waals surface area contributed by atoms with E-state index in [4.69, 9.17) is 4.74 Å². The average Bonchev–Trinajstić information content (AvgIpc) is 3.10. The molecule has 0 aliphatic carbocycles. The number of ether oxygens (including phenoxy) is 1. The van der Waals surface area contributed by atoms with Crippen LogP contribution in [0.2, 0.25) is 0 Å². The van der Waals surface area contributed by atoms with Crippen molar-refractivity contribution in [2.45, 2.75) is 26.6 Å². The van der Waals surface area contributed by atoms with Crippen LogP contribution in [0.4, 0.5) is 18.9 Å². The van der Waals surface area contributed by atoms with Gasteiger partial charge < -0.3 is 9.64 Å². The van der Waals surface area contributed by atoms with E-state index in [-0.39, 0.29) is 18.4 Å². The molecule has 1 aliphatic heterocycles. The Morgan fingerprint density at radius 1 is 0.943 bits per heavy atom. The van der Waals surface area contributed by atoms with Crippen LogP contribution in [-0.4, -0.2) is 19.0 Å². The van der Waals surface area contributed by atoms with Crippen LogP contribution in [0.5, 0.6) is 0 Å². The number of amides is 1. The van der Waals surface area contributed by atoms with Gasteiger partial charge in [0.2, 0.25) is 0 Å². The first kappa shape index (κ1) is 24.3. The minimum absolute atomic E-state index is 0.124. The first-order chi connectivity index (χ1) is 16.6. The van der Waals surface area contributed by atoms with Crippen molar-refractivity contribution in [3.05, 3.63) is 101 Å². The largest absolute Gasteiger partial charge is 0.465 e. The minimum atomic E-state index is -4.44. The van der Waals surface area contributed by atoms with E-state index in [9.17, 15) is 22.8 Å². The lowest BCUT2D eigenvalue weighted by Gasteiger charge is -2.19. The number of hydrogen-bond acceptors (Lipinski definition) is 3. The number of benzene rings is 3. The van der Waals surface area contributed by atoms with Gasteiger partial charge in [0.1, 0.15) is 0 Å². The van der Waals surface area contributed by atoms with Crippen LogP contribution in [0.15, 0.2) is 72.8 Å². The summed E-state index contributed by atoms with van der Waals surface area (Å²) < 4.78 is 44.1. The standard InChI is InChI=1S/C28H24F3NO3/c1-17(2)24(19-11-13-21(14-12-19)28(29,30)31)25-22-9-4-5-10-23(22)32(26(25)33)16-18-7-6-8-20(15-18)27(34)35-3/h4-15,17H,16H2,1-3H3. The fourth-order valence-corrected chi connectivity index (χ4v) is 4.40. The van der Waals surface area contributed by atoms with Gasteiger partial charge in [-0.3, -0.25) is 4.79 Å². The maximum atomic E-state index is 13.8. The van der Waals surface area contributed by atoms with Crippen molar-refractivity contribution in [3.63, 3.8) is 0 Å². The van der Waals surface area contributed by atoms with Crippen molar-refractivity contribution in [1.82, 2.24) is 0 Å². The Hall–Kier alpha value is -3.87. The molecular formula is C28H24F3NO3. The number of allylic oxidation sites excluding steroid dienone is 1. The summed E-state index contributed by atoms with van der Waals surface area (Å²) in [5, 5.41) is 0. The van der Waals surface area contributed by atoms with E-state index in [1.165, 1.54) is 19.2 Å². The zero-order valence-electron chi connectivity index (χ0n) is 19.5. The number of para-hydroxylation sites is 1. The van der Waals surface area contributed by atoms with Crippen molar-refractivity contribution >= 4 is 28.7 Å². The van der Waals surface area contributed by atoms with Gasteiger partial charge in [-0.05, 0) is 52.9 Å². The first-order valence-corrected chi connectivity index (χ1v) is 11.1. The van der Waals surface area contributed by atoms with Crippen LogP contribution in [0, 0.1) is 5.92 Å². The van der Waals surface area contributed by atoms with E-state index in [0.717, 1.165) is 23.3 Å². The predicted octanol–water partition coefficient (Wildman–Crippen LogP) is 6.61. The van der Waals surface area contributed by atoms with Crippen molar-refractivity contribution in [2.24, 2.45) is 5.92 Å². The Labute approximate surface area is 201 Å². The summed E-state index contributed by atoms with van der Waals surface area (Å²) in [5.41, 5.74) is 3.55. The predicted molar refractivity (Wildman–Crippen MR) is 129 cm³/mol. The molecule has 0 bridgehead atoms. The molecule has 0 aromatic heterocycles. The molecule has 0 saturated heterocycles. The number of hydrogen-bond donors (Lipinski definition) is 0. The van der Waals surface area contributed by atoms with Crippen LogP contribution < -0.4 is 4.90 Å². The van der Waals surface area contributed by atoms with Crippen LogP contribution in [-0.2, 0) is 22.3 Å². The highest BCUT2D eigenvalue weighted by molar-refractivity contribution is 6.37. The third-order valence-corrected chi connectivity index (χ3v) is 5.98. The molecule has 0 saturated carbocycles. The number of methoxy groups -OCH3 is 1. The Kier molecular flexibility index (Phi) is 6.52. The zero-order valence-corrected chi connectivity index (χ0v) is 19.5. The molecule has 0 atom stereocenters. The van der Waals surface area contributed by atoms with Crippen molar-refractivity contribution in [3.8, 4) is 0 Å². The quantitative estimate of drug-likeness (QED) is 0.306. The number of halogens is 3. The number of esters is 1. The SMILES string of the molecule is COC(=O)c1cccc(CN2C(=O)C(=C(c3ccc(C(F)(F)F)cc3)C(C)C)c3ccccc32)c1. The maximum absolute atomic E-state index is 13.8. The highest BCUT2D eigenvalue weighted by atomic mass is 19.4. The normalized spacial score (nSPS) is 14.8. The Morgan fingerprint density at radius 2 is 1.63 bits per heavy atom. The lowest BCUT2D eigenvalue weighted by molar-refractivity contribution is -0.137. The van der Waals surface area contributed by atoms with Gasteiger partial charge in [0.15, 0.2) is 0 Å². The molecule has 3 aromatic carbocycles. The smallest absolute Gasteiger partial charge is 0.416 e. The van der Waals surface area contributed by atoms with E-state index in [1.807, 2.05) is 44.2 Å². The number of carbonyl (C=O) groups excluding carboxylic acids is 2. The molecule has 0 spiro atoms. The lowest BCUT2D eigenvalue weighted by atomic mass is 9.87. The van der Waals surface area contributed by atoms with Gasteiger partial charge in [0.25, 0.3) is 5.91 Å². The van der Waals surface area contributed by atoms with Gasteiger partial charge in [-0.25, -0.2) is 4.79 Å². The van der Waals surface area contributed by atoms with Crippen LogP contribution in [0.3, 0.4) is 0 Å². The highest BCUT2D eigenvalue weighted by Crippen LogP contribution is 2.44. The monoisotopic (exact) mass is 479 g/mol. The van der Waals surface area contributed by atoms with E-state index >= 15 is 0 Å².